The summed E-state index contributed by atoms with van der Waals surface area (Å²) in [6.07, 6.45) is 11.2. The van der Waals surface area contributed by atoms with Crippen LogP contribution in [-0.4, -0.2) is 36.1 Å². The van der Waals surface area contributed by atoms with Crippen molar-refractivity contribution in [2.24, 2.45) is 0 Å². The highest BCUT2D eigenvalue weighted by molar-refractivity contribution is 5.23. The molecule has 0 bridgehead atoms. The fourth-order valence-electron chi connectivity index (χ4n) is 2.64. The van der Waals surface area contributed by atoms with Crippen LogP contribution in [0.15, 0.2) is 18.5 Å². The minimum atomic E-state index is 0.573. The van der Waals surface area contributed by atoms with E-state index in [0.29, 0.717) is 6.04 Å². The Balaban J connectivity index is 1.81. The zero-order valence-corrected chi connectivity index (χ0v) is 12.3. The second kappa shape index (κ2) is 7.49. The number of aromatic nitrogens is 1. The molecule has 3 heteroatoms. The molecule has 1 aromatic rings. The van der Waals surface area contributed by atoms with Gasteiger partial charge in [0, 0.05) is 12.2 Å². The van der Waals surface area contributed by atoms with E-state index < -0.39 is 0 Å². The van der Waals surface area contributed by atoms with Crippen LogP contribution in [0.4, 0.5) is 0 Å². The fourth-order valence-corrected chi connectivity index (χ4v) is 2.64. The van der Waals surface area contributed by atoms with Crippen molar-refractivity contribution in [2.45, 2.75) is 51.5 Å². The van der Waals surface area contributed by atoms with Gasteiger partial charge in [0.1, 0.15) is 12.4 Å². The van der Waals surface area contributed by atoms with Gasteiger partial charge in [0.25, 0.3) is 0 Å². The summed E-state index contributed by atoms with van der Waals surface area (Å²) >= 11 is 0. The minimum Gasteiger partial charge on any atom is -0.490 e. The second-order valence-corrected chi connectivity index (χ2v) is 5.57. The first-order valence-electron chi connectivity index (χ1n) is 7.56. The number of unbranched alkanes of at least 4 members (excludes halogenated alkanes) is 2. The standard InChI is InChI=1S/C16H26N2O/c1-3-4-5-7-14-10-16(12-17-11-14)19-13-15-8-6-9-18(15)2/h10-12,15H,3-9,13H2,1-2H3/t15-/m1/s1. The van der Waals surface area contributed by atoms with Crippen LogP contribution in [0.1, 0.15) is 44.6 Å². The van der Waals surface area contributed by atoms with Gasteiger partial charge in [-0.1, -0.05) is 19.8 Å². The number of pyridine rings is 1. The lowest BCUT2D eigenvalue weighted by molar-refractivity contribution is 0.197. The van der Waals surface area contributed by atoms with E-state index in [1.807, 2.05) is 12.4 Å². The molecule has 106 valence electrons. The number of likely N-dealkylation sites (tertiary alicyclic amines) is 1. The molecule has 0 unspecified atom stereocenters. The molecule has 0 aromatic carbocycles. The van der Waals surface area contributed by atoms with Crippen LogP contribution in [0, 0.1) is 0 Å². The summed E-state index contributed by atoms with van der Waals surface area (Å²) in [5.74, 6) is 0.925. The number of ether oxygens (including phenoxy) is 1. The average Bonchev–Trinajstić information content (AvgIpc) is 2.83. The highest BCUT2D eigenvalue weighted by Crippen LogP contribution is 2.18. The van der Waals surface area contributed by atoms with Gasteiger partial charge in [-0.15, -0.1) is 0 Å². The van der Waals surface area contributed by atoms with Crippen LogP contribution in [0.25, 0.3) is 0 Å². The molecule has 0 radical (unpaired) electrons. The maximum Gasteiger partial charge on any atom is 0.137 e. The summed E-state index contributed by atoms with van der Waals surface area (Å²) in [5.41, 5.74) is 1.30. The third-order valence-corrected chi connectivity index (χ3v) is 3.95. The van der Waals surface area contributed by atoms with Crippen molar-refractivity contribution in [3.63, 3.8) is 0 Å². The quantitative estimate of drug-likeness (QED) is 0.705. The highest BCUT2D eigenvalue weighted by Gasteiger charge is 2.21. The van der Waals surface area contributed by atoms with Crippen molar-refractivity contribution in [3.8, 4) is 5.75 Å². The van der Waals surface area contributed by atoms with Gasteiger partial charge in [-0.25, -0.2) is 0 Å². The van der Waals surface area contributed by atoms with E-state index in [2.05, 4.69) is 29.9 Å². The smallest absolute Gasteiger partial charge is 0.137 e. The first-order valence-corrected chi connectivity index (χ1v) is 7.56. The minimum absolute atomic E-state index is 0.573. The molecule has 1 aromatic heterocycles. The molecule has 0 aliphatic carbocycles. The molecule has 19 heavy (non-hydrogen) atoms. The zero-order valence-electron chi connectivity index (χ0n) is 12.3. The summed E-state index contributed by atoms with van der Waals surface area (Å²) in [6, 6.07) is 2.72. The Kier molecular flexibility index (Phi) is 5.64. The van der Waals surface area contributed by atoms with E-state index in [4.69, 9.17) is 4.74 Å². The molecule has 1 saturated heterocycles. The Hall–Kier alpha value is -1.09. The van der Waals surface area contributed by atoms with Gasteiger partial charge >= 0.3 is 0 Å². The van der Waals surface area contributed by atoms with E-state index in [-0.39, 0.29) is 0 Å². The lowest BCUT2D eigenvalue weighted by atomic mass is 10.1. The largest absolute Gasteiger partial charge is 0.490 e. The van der Waals surface area contributed by atoms with Gasteiger partial charge < -0.3 is 9.64 Å². The molecule has 3 nitrogen and oxygen atoms in total. The van der Waals surface area contributed by atoms with Gasteiger partial charge in [-0.2, -0.15) is 0 Å². The van der Waals surface area contributed by atoms with Gasteiger partial charge in [0.2, 0.25) is 0 Å². The number of hydrogen-bond acceptors (Lipinski definition) is 3. The Morgan fingerprint density at radius 2 is 2.26 bits per heavy atom. The van der Waals surface area contributed by atoms with Gasteiger partial charge in [-0.05, 0) is 50.9 Å². The first kappa shape index (κ1) is 14.3. The van der Waals surface area contributed by atoms with Crippen LogP contribution >= 0.6 is 0 Å². The van der Waals surface area contributed by atoms with Gasteiger partial charge in [0.05, 0.1) is 6.20 Å². The molecule has 2 rings (SSSR count). The van der Waals surface area contributed by atoms with Crippen LogP contribution in [-0.2, 0) is 6.42 Å². The van der Waals surface area contributed by atoms with Gasteiger partial charge in [-0.3, -0.25) is 4.98 Å². The summed E-state index contributed by atoms with van der Waals surface area (Å²) in [7, 11) is 2.18. The Morgan fingerprint density at radius 3 is 3.00 bits per heavy atom. The SMILES string of the molecule is CCCCCc1cncc(OC[C@H]2CCCN2C)c1. The van der Waals surface area contributed by atoms with Crippen LogP contribution in [0.5, 0.6) is 5.75 Å². The van der Waals surface area contributed by atoms with Crippen LogP contribution in [0.2, 0.25) is 0 Å². The molecule has 0 spiro atoms. The van der Waals surface area contributed by atoms with E-state index in [0.717, 1.165) is 18.8 Å². The summed E-state index contributed by atoms with van der Waals surface area (Å²) in [5, 5.41) is 0. The molecule has 2 heterocycles. The van der Waals surface area contributed by atoms with Crippen molar-refractivity contribution in [1.29, 1.82) is 0 Å². The average molecular weight is 262 g/mol. The number of rotatable bonds is 7. The maximum absolute atomic E-state index is 5.90. The van der Waals surface area contributed by atoms with Crippen molar-refractivity contribution in [2.75, 3.05) is 20.2 Å². The maximum atomic E-state index is 5.90. The number of hydrogen-bond donors (Lipinski definition) is 0. The first-order chi connectivity index (χ1) is 9.29. The van der Waals surface area contributed by atoms with Crippen LogP contribution < -0.4 is 4.74 Å². The summed E-state index contributed by atoms with van der Waals surface area (Å²) < 4.78 is 5.90. The predicted octanol–water partition coefficient (Wildman–Crippen LogP) is 3.29. The molecule has 0 N–H and O–H groups in total. The van der Waals surface area contributed by atoms with E-state index in [1.54, 1.807) is 0 Å². The molecule has 1 atom stereocenters. The van der Waals surface area contributed by atoms with E-state index in [1.165, 1.54) is 44.2 Å². The third-order valence-electron chi connectivity index (χ3n) is 3.95. The normalized spacial score (nSPS) is 19.8. The Morgan fingerprint density at radius 1 is 1.37 bits per heavy atom. The van der Waals surface area contributed by atoms with E-state index in [9.17, 15) is 0 Å². The van der Waals surface area contributed by atoms with Crippen molar-refractivity contribution in [1.82, 2.24) is 9.88 Å². The number of aryl methyl sites for hydroxylation is 1. The van der Waals surface area contributed by atoms with Gasteiger partial charge in [0.15, 0.2) is 0 Å². The molecule has 0 amide bonds. The van der Waals surface area contributed by atoms with E-state index >= 15 is 0 Å². The molecular weight excluding hydrogens is 236 g/mol. The molecule has 1 aliphatic heterocycles. The molecule has 0 saturated carbocycles. The lowest BCUT2D eigenvalue weighted by Gasteiger charge is -2.19. The Labute approximate surface area is 117 Å². The Bertz CT molecular complexity index is 381. The third kappa shape index (κ3) is 4.50. The van der Waals surface area contributed by atoms with Crippen molar-refractivity contribution >= 4 is 0 Å². The topological polar surface area (TPSA) is 25.4 Å². The fraction of sp³-hybridized carbons (Fsp3) is 0.688. The molecule has 1 fully saturated rings. The molecular formula is C16H26N2O. The second-order valence-electron chi connectivity index (χ2n) is 5.57. The van der Waals surface area contributed by atoms with Crippen molar-refractivity contribution in [3.05, 3.63) is 24.0 Å². The zero-order chi connectivity index (χ0) is 13.5. The monoisotopic (exact) mass is 262 g/mol. The van der Waals surface area contributed by atoms with Crippen molar-refractivity contribution < 1.29 is 4.74 Å². The van der Waals surface area contributed by atoms with Crippen LogP contribution in [0.3, 0.4) is 0 Å². The molecule has 1 aliphatic rings. The predicted molar refractivity (Wildman–Crippen MR) is 78.6 cm³/mol. The summed E-state index contributed by atoms with van der Waals surface area (Å²) in [4.78, 5) is 6.68. The lowest BCUT2D eigenvalue weighted by Crippen LogP contribution is -2.30. The highest BCUT2D eigenvalue weighted by atomic mass is 16.5. The number of likely N-dealkylation sites (N-methyl/N-ethyl adjacent to an activating group) is 1. The summed E-state index contributed by atoms with van der Waals surface area (Å²) in [6.45, 7) is 4.22. The number of nitrogens with zero attached hydrogens (tertiary/aromatic N) is 2.